The zero-order chi connectivity index (χ0) is 22.9. The van der Waals surface area contributed by atoms with Gasteiger partial charge in [0.15, 0.2) is 0 Å². The Labute approximate surface area is 178 Å². The molecule has 0 bridgehead atoms. The number of alkyl halides is 5. The average Bonchev–Trinajstić information content (AvgIpc) is 3.63. The molecule has 2 amide bonds. The van der Waals surface area contributed by atoms with Crippen molar-refractivity contribution in [2.24, 2.45) is 0 Å². The standard InChI is InChI=1S/C21H17F5N4O2/c22-15-6-19(15)10-30(9-16(31)29-18-27-7-12(8-28-18)21(24,25)26)17(32)13-2-1-11(5-14(13)19)20(23)3-4-20/h1-2,5,7-8,15H,3-4,6,9-10H2,(H,27,28,29,31)/t15-,19+/m0/s1. The van der Waals surface area contributed by atoms with Crippen LogP contribution in [0.5, 0.6) is 0 Å². The molecule has 2 fully saturated rings. The van der Waals surface area contributed by atoms with Gasteiger partial charge in [0, 0.05) is 29.9 Å². The molecule has 2 heterocycles. The number of fused-ring (bicyclic) bond motifs is 2. The number of carbonyl (C=O) groups excluding carboxylic acids is 2. The third-order valence-corrected chi connectivity index (χ3v) is 6.30. The van der Waals surface area contributed by atoms with E-state index in [2.05, 4.69) is 15.3 Å². The van der Waals surface area contributed by atoms with Crippen molar-refractivity contribution in [2.75, 3.05) is 18.4 Å². The second kappa shape index (κ2) is 6.69. The SMILES string of the molecule is O=C(CN1C[C@]2(C[C@@H]2F)c2cc(C3(F)CC3)ccc2C1=O)Nc1ncc(C(F)(F)F)cn1. The Kier molecular flexibility index (Phi) is 4.35. The molecule has 1 aromatic heterocycles. The molecule has 0 saturated heterocycles. The minimum absolute atomic E-state index is 0.0516. The molecule has 0 unspecified atom stereocenters. The van der Waals surface area contributed by atoms with Gasteiger partial charge in [-0.1, -0.05) is 12.1 Å². The molecule has 6 nitrogen and oxygen atoms in total. The van der Waals surface area contributed by atoms with E-state index in [4.69, 9.17) is 0 Å². The third kappa shape index (κ3) is 3.39. The van der Waals surface area contributed by atoms with Gasteiger partial charge in [-0.25, -0.2) is 18.7 Å². The Balaban J connectivity index is 1.33. The molecule has 1 spiro atoms. The molecule has 2 atom stereocenters. The fraction of sp³-hybridized carbons (Fsp3) is 0.429. The lowest BCUT2D eigenvalue weighted by atomic mass is 9.84. The predicted molar refractivity (Wildman–Crippen MR) is 101 cm³/mol. The molecule has 2 aliphatic carbocycles. The van der Waals surface area contributed by atoms with E-state index in [1.165, 1.54) is 17.0 Å². The minimum Gasteiger partial charge on any atom is -0.328 e. The number of anilines is 1. The molecule has 1 aromatic carbocycles. The summed E-state index contributed by atoms with van der Waals surface area (Å²) < 4.78 is 66.7. The van der Waals surface area contributed by atoms with Crippen LogP contribution in [0, 0.1) is 0 Å². The number of carbonyl (C=O) groups is 2. The predicted octanol–water partition coefficient (Wildman–Crippen LogP) is 3.53. The number of nitrogens with one attached hydrogen (secondary N) is 1. The summed E-state index contributed by atoms with van der Waals surface area (Å²) in [6.07, 6.45) is -3.81. The average molecular weight is 452 g/mol. The van der Waals surface area contributed by atoms with Crippen LogP contribution in [0.25, 0.3) is 0 Å². The number of rotatable bonds is 4. The number of nitrogens with zero attached hydrogens (tertiary/aromatic N) is 3. The molecule has 1 aliphatic heterocycles. The van der Waals surface area contributed by atoms with Crippen LogP contribution in [-0.2, 0) is 22.1 Å². The fourth-order valence-corrected chi connectivity index (χ4v) is 4.20. The van der Waals surface area contributed by atoms with E-state index in [1.807, 2.05) is 0 Å². The molecule has 3 aliphatic rings. The summed E-state index contributed by atoms with van der Waals surface area (Å²) in [4.78, 5) is 33.4. The van der Waals surface area contributed by atoms with Crippen molar-refractivity contribution in [3.63, 3.8) is 0 Å². The summed E-state index contributed by atoms with van der Waals surface area (Å²) in [6, 6.07) is 4.57. The Morgan fingerprint density at radius 2 is 1.88 bits per heavy atom. The maximum Gasteiger partial charge on any atom is 0.419 e. The highest BCUT2D eigenvalue weighted by molar-refractivity contribution is 6.01. The van der Waals surface area contributed by atoms with E-state index < -0.39 is 47.4 Å². The maximum absolute atomic E-state index is 14.5. The monoisotopic (exact) mass is 452 g/mol. The van der Waals surface area contributed by atoms with Gasteiger partial charge in [-0.05, 0) is 36.5 Å². The van der Waals surface area contributed by atoms with Crippen LogP contribution in [0.4, 0.5) is 27.9 Å². The Hall–Kier alpha value is -3.11. The van der Waals surface area contributed by atoms with Crippen molar-refractivity contribution in [3.8, 4) is 0 Å². The van der Waals surface area contributed by atoms with Gasteiger partial charge in [0.2, 0.25) is 11.9 Å². The lowest BCUT2D eigenvalue weighted by Crippen LogP contribution is -2.47. The first-order valence-corrected chi connectivity index (χ1v) is 9.98. The topological polar surface area (TPSA) is 75.2 Å². The third-order valence-electron chi connectivity index (χ3n) is 6.30. The summed E-state index contributed by atoms with van der Waals surface area (Å²) in [5.74, 6) is -1.58. The highest BCUT2D eigenvalue weighted by Crippen LogP contribution is 2.57. The van der Waals surface area contributed by atoms with Crippen molar-refractivity contribution >= 4 is 17.8 Å². The van der Waals surface area contributed by atoms with E-state index in [-0.39, 0.29) is 24.5 Å². The van der Waals surface area contributed by atoms with Crippen LogP contribution in [0.3, 0.4) is 0 Å². The lowest BCUT2D eigenvalue weighted by molar-refractivity contribution is -0.138. The van der Waals surface area contributed by atoms with Gasteiger partial charge in [0.1, 0.15) is 18.4 Å². The van der Waals surface area contributed by atoms with Gasteiger partial charge in [-0.15, -0.1) is 0 Å². The molecule has 2 saturated carbocycles. The molecule has 1 N–H and O–H groups in total. The van der Waals surface area contributed by atoms with Crippen molar-refractivity contribution < 1.29 is 31.5 Å². The van der Waals surface area contributed by atoms with E-state index in [1.54, 1.807) is 6.07 Å². The lowest BCUT2D eigenvalue weighted by Gasteiger charge is -2.34. The van der Waals surface area contributed by atoms with Crippen molar-refractivity contribution in [1.82, 2.24) is 14.9 Å². The van der Waals surface area contributed by atoms with E-state index >= 15 is 0 Å². The summed E-state index contributed by atoms with van der Waals surface area (Å²) in [5, 5.41) is 2.24. The number of hydrogen-bond donors (Lipinski definition) is 1. The summed E-state index contributed by atoms with van der Waals surface area (Å²) in [5.41, 5.74) is -2.33. The molecule has 32 heavy (non-hydrogen) atoms. The Bertz CT molecular complexity index is 1120. The van der Waals surface area contributed by atoms with Gasteiger partial charge in [0.05, 0.1) is 5.56 Å². The Morgan fingerprint density at radius 1 is 1.22 bits per heavy atom. The number of aromatic nitrogens is 2. The first-order valence-electron chi connectivity index (χ1n) is 9.98. The van der Waals surface area contributed by atoms with Crippen molar-refractivity contribution in [2.45, 2.75) is 42.7 Å². The van der Waals surface area contributed by atoms with E-state index in [9.17, 15) is 31.5 Å². The molecule has 5 rings (SSSR count). The van der Waals surface area contributed by atoms with Crippen LogP contribution < -0.4 is 5.32 Å². The normalized spacial score (nSPS) is 25.5. The second-order valence-corrected chi connectivity index (χ2v) is 8.56. The molecular weight excluding hydrogens is 435 g/mol. The highest BCUT2D eigenvalue weighted by Gasteiger charge is 2.61. The fourth-order valence-electron chi connectivity index (χ4n) is 4.20. The first-order chi connectivity index (χ1) is 15.0. The highest BCUT2D eigenvalue weighted by atomic mass is 19.4. The van der Waals surface area contributed by atoms with Gasteiger partial charge in [-0.2, -0.15) is 13.2 Å². The Morgan fingerprint density at radius 3 is 2.44 bits per heavy atom. The summed E-state index contributed by atoms with van der Waals surface area (Å²) in [7, 11) is 0. The van der Waals surface area contributed by atoms with Crippen molar-refractivity contribution in [3.05, 3.63) is 52.8 Å². The summed E-state index contributed by atoms with van der Waals surface area (Å²) in [6.45, 7) is -0.504. The second-order valence-electron chi connectivity index (χ2n) is 8.56. The van der Waals surface area contributed by atoms with Gasteiger partial charge < -0.3 is 4.90 Å². The zero-order valence-electron chi connectivity index (χ0n) is 16.5. The molecule has 2 aromatic rings. The largest absolute Gasteiger partial charge is 0.419 e. The summed E-state index contributed by atoms with van der Waals surface area (Å²) >= 11 is 0. The number of amides is 2. The first kappa shape index (κ1) is 20.8. The number of hydrogen-bond acceptors (Lipinski definition) is 4. The van der Waals surface area contributed by atoms with Gasteiger partial charge in [-0.3, -0.25) is 14.9 Å². The number of benzene rings is 1. The molecule has 168 valence electrons. The maximum atomic E-state index is 14.5. The van der Waals surface area contributed by atoms with E-state index in [0.29, 0.717) is 36.4 Å². The van der Waals surface area contributed by atoms with Crippen molar-refractivity contribution in [1.29, 1.82) is 0 Å². The smallest absolute Gasteiger partial charge is 0.328 e. The molecule has 11 heteroatoms. The van der Waals surface area contributed by atoms with Crippen LogP contribution >= 0.6 is 0 Å². The molecular formula is C21H17F5N4O2. The van der Waals surface area contributed by atoms with Crippen LogP contribution in [0.1, 0.15) is 46.3 Å². The molecule has 0 radical (unpaired) electrons. The van der Waals surface area contributed by atoms with Crippen LogP contribution in [-0.4, -0.2) is 45.9 Å². The zero-order valence-corrected chi connectivity index (χ0v) is 16.5. The van der Waals surface area contributed by atoms with Gasteiger partial charge >= 0.3 is 6.18 Å². The van der Waals surface area contributed by atoms with Crippen LogP contribution in [0.2, 0.25) is 0 Å². The van der Waals surface area contributed by atoms with E-state index in [0.717, 1.165) is 0 Å². The minimum atomic E-state index is -4.61. The van der Waals surface area contributed by atoms with Gasteiger partial charge in [0.25, 0.3) is 5.91 Å². The number of halogens is 5. The quantitative estimate of drug-likeness (QED) is 0.721. The van der Waals surface area contributed by atoms with Crippen LogP contribution in [0.15, 0.2) is 30.6 Å².